The largest absolute Gasteiger partial charge is 0.485 e. The maximum Gasteiger partial charge on any atom is 0.434 e. The van der Waals surface area contributed by atoms with Gasteiger partial charge in [0.05, 0.1) is 7.05 Å². The molecule has 0 unspecified atom stereocenters. The molecule has 0 atom stereocenters. The lowest BCUT2D eigenvalue weighted by molar-refractivity contribution is -0.396. The van der Waals surface area contributed by atoms with Gasteiger partial charge in [0.15, 0.2) is 5.69 Å². The molecule has 0 spiro atoms. The van der Waals surface area contributed by atoms with Crippen molar-refractivity contribution >= 4 is 5.95 Å². The Morgan fingerprint density at radius 1 is 1.50 bits per heavy atom. The van der Waals surface area contributed by atoms with E-state index in [-0.39, 0.29) is 18.4 Å². The molecular formula is C13H14FN3O3. The van der Waals surface area contributed by atoms with Crippen molar-refractivity contribution in [2.24, 2.45) is 7.05 Å². The maximum atomic E-state index is 13.6. The van der Waals surface area contributed by atoms with E-state index in [1.54, 1.807) is 12.1 Å². The van der Waals surface area contributed by atoms with E-state index in [2.05, 4.69) is 4.98 Å². The first-order valence-electron chi connectivity index (χ1n) is 6.09. The highest BCUT2D eigenvalue weighted by Crippen LogP contribution is 2.23. The van der Waals surface area contributed by atoms with Crippen LogP contribution >= 0.6 is 0 Å². The molecule has 7 heteroatoms. The van der Waals surface area contributed by atoms with Gasteiger partial charge >= 0.3 is 5.95 Å². The minimum Gasteiger partial charge on any atom is -0.485 e. The summed E-state index contributed by atoms with van der Waals surface area (Å²) < 4.78 is 20.5. The van der Waals surface area contributed by atoms with Gasteiger partial charge in [-0.05, 0) is 23.5 Å². The topological polar surface area (TPSA) is 70.2 Å². The zero-order chi connectivity index (χ0) is 14.7. The molecular weight excluding hydrogens is 265 g/mol. The van der Waals surface area contributed by atoms with Crippen LogP contribution in [-0.2, 0) is 20.1 Å². The average Bonchev–Trinajstić information content (AvgIpc) is 2.78. The Bertz CT molecular complexity index is 640. The Morgan fingerprint density at radius 3 is 2.85 bits per heavy atom. The molecule has 106 valence electrons. The molecule has 0 fully saturated rings. The number of halogens is 1. The summed E-state index contributed by atoms with van der Waals surface area (Å²) in [6.45, 7) is 1.92. The lowest BCUT2D eigenvalue weighted by Crippen LogP contribution is -2.06. The summed E-state index contributed by atoms with van der Waals surface area (Å²) in [5.41, 5.74) is 1.03. The SMILES string of the molecule is CCc1c(F)cccc1OCc1cnc([N+](=O)[O-])n1C. The number of ether oxygens (including phenoxy) is 1. The van der Waals surface area contributed by atoms with Crippen molar-refractivity contribution in [2.75, 3.05) is 0 Å². The molecule has 0 amide bonds. The van der Waals surface area contributed by atoms with E-state index in [4.69, 9.17) is 4.74 Å². The van der Waals surface area contributed by atoms with E-state index in [9.17, 15) is 14.5 Å². The van der Waals surface area contributed by atoms with Crippen molar-refractivity contribution in [3.63, 3.8) is 0 Å². The first-order chi connectivity index (χ1) is 9.54. The highest BCUT2D eigenvalue weighted by molar-refractivity contribution is 5.34. The molecule has 0 aliphatic heterocycles. The van der Waals surface area contributed by atoms with Crippen molar-refractivity contribution in [1.82, 2.24) is 9.55 Å². The Balaban J connectivity index is 2.17. The van der Waals surface area contributed by atoms with Crippen molar-refractivity contribution in [3.05, 3.63) is 51.6 Å². The Kier molecular flexibility index (Phi) is 3.97. The van der Waals surface area contributed by atoms with Crippen molar-refractivity contribution in [2.45, 2.75) is 20.0 Å². The Labute approximate surface area is 115 Å². The van der Waals surface area contributed by atoms with Gasteiger partial charge in [0.2, 0.25) is 0 Å². The third-order valence-electron chi connectivity index (χ3n) is 3.03. The summed E-state index contributed by atoms with van der Waals surface area (Å²) in [7, 11) is 1.54. The number of hydrogen-bond donors (Lipinski definition) is 0. The Morgan fingerprint density at radius 2 is 2.25 bits per heavy atom. The number of nitro groups is 1. The predicted octanol–water partition coefficient (Wildman–Crippen LogP) is 2.61. The standard InChI is InChI=1S/C13H14FN3O3/c1-3-10-11(14)5-4-6-12(10)20-8-9-7-15-13(16(9)2)17(18)19/h4-7H,3,8H2,1-2H3. The molecule has 0 aliphatic rings. The number of aromatic nitrogens is 2. The summed E-state index contributed by atoms with van der Waals surface area (Å²) >= 11 is 0. The van der Waals surface area contributed by atoms with Gasteiger partial charge in [-0.15, -0.1) is 0 Å². The molecule has 1 heterocycles. The molecule has 2 rings (SSSR count). The predicted molar refractivity (Wildman–Crippen MR) is 70.0 cm³/mol. The van der Waals surface area contributed by atoms with Crippen LogP contribution in [0.5, 0.6) is 5.75 Å². The van der Waals surface area contributed by atoms with Crippen molar-refractivity contribution in [3.8, 4) is 5.75 Å². The molecule has 1 aromatic heterocycles. The van der Waals surface area contributed by atoms with Gasteiger partial charge in [0.25, 0.3) is 0 Å². The van der Waals surface area contributed by atoms with Crippen LogP contribution in [-0.4, -0.2) is 14.5 Å². The fourth-order valence-electron chi connectivity index (χ4n) is 1.91. The summed E-state index contributed by atoms with van der Waals surface area (Å²) in [6, 6.07) is 4.61. The van der Waals surface area contributed by atoms with Crippen LogP contribution in [0.3, 0.4) is 0 Å². The van der Waals surface area contributed by atoms with Crippen LogP contribution in [0.4, 0.5) is 10.3 Å². The molecule has 1 aromatic carbocycles. The molecule has 0 saturated heterocycles. The quantitative estimate of drug-likeness (QED) is 0.623. The van der Waals surface area contributed by atoms with Crippen LogP contribution in [0, 0.1) is 15.9 Å². The number of benzene rings is 1. The zero-order valence-electron chi connectivity index (χ0n) is 11.2. The van der Waals surface area contributed by atoms with Gasteiger partial charge in [-0.3, -0.25) is 0 Å². The number of nitrogens with zero attached hydrogens (tertiary/aromatic N) is 3. The molecule has 0 saturated carbocycles. The van der Waals surface area contributed by atoms with Crippen LogP contribution in [0.25, 0.3) is 0 Å². The lowest BCUT2D eigenvalue weighted by atomic mass is 10.1. The second-order valence-electron chi connectivity index (χ2n) is 4.22. The van der Waals surface area contributed by atoms with Crippen LogP contribution in [0.2, 0.25) is 0 Å². The third kappa shape index (κ3) is 2.61. The van der Waals surface area contributed by atoms with Crippen LogP contribution in [0.1, 0.15) is 18.2 Å². The molecule has 20 heavy (non-hydrogen) atoms. The summed E-state index contributed by atoms with van der Waals surface area (Å²) in [5.74, 6) is -0.129. The van der Waals surface area contributed by atoms with Crippen molar-refractivity contribution < 1.29 is 14.1 Å². The van der Waals surface area contributed by atoms with Gasteiger partial charge < -0.3 is 14.9 Å². The van der Waals surface area contributed by atoms with Gasteiger partial charge in [0, 0.05) is 5.56 Å². The molecule has 6 nitrogen and oxygen atoms in total. The smallest absolute Gasteiger partial charge is 0.434 e. The van der Waals surface area contributed by atoms with E-state index in [0.29, 0.717) is 23.4 Å². The van der Waals surface area contributed by atoms with Gasteiger partial charge in [-0.25, -0.2) is 8.96 Å². The summed E-state index contributed by atoms with van der Waals surface area (Å²) in [5, 5.41) is 10.7. The van der Waals surface area contributed by atoms with E-state index in [1.807, 2.05) is 6.92 Å². The van der Waals surface area contributed by atoms with E-state index < -0.39 is 4.92 Å². The lowest BCUT2D eigenvalue weighted by Gasteiger charge is -2.10. The second-order valence-corrected chi connectivity index (χ2v) is 4.22. The monoisotopic (exact) mass is 279 g/mol. The third-order valence-corrected chi connectivity index (χ3v) is 3.03. The normalized spacial score (nSPS) is 10.6. The van der Waals surface area contributed by atoms with E-state index in [0.717, 1.165) is 0 Å². The van der Waals surface area contributed by atoms with Gasteiger partial charge in [0.1, 0.15) is 24.4 Å². The number of rotatable bonds is 5. The minimum absolute atomic E-state index is 0.0911. The van der Waals surface area contributed by atoms with E-state index in [1.165, 1.54) is 23.9 Å². The summed E-state index contributed by atoms with van der Waals surface area (Å²) in [6.07, 6.45) is 1.89. The van der Waals surface area contributed by atoms with Gasteiger partial charge in [-0.1, -0.05) is 18.0 Å². The minimum atomic E-state index is -0.566. The molecule has 2 aromatic rings. The highest BCUT2D eigenvalue weighted by atomic mass is 19.1. The number of imidazole rings is 1. The maximum absolute atomic E-state index is 13.6. The van der Waals surface area contributed by atoms with Gasteiger partial charge in [-0.2, -0.15) is 0 Å². The van der Waals surface area contributed by atoms with Crippen LogP contribution < -0.4 is 4.74 Å². The highest BCUT2D eigenvalue weighted by Gasteiger charge is 2.18. The average molecular weight is 279 g/mol. The first-order valence-corrected chi connectivity index (χ1v) is 6.09. The zero-order valence-corrected chi connectivity index (χ0v) is 11.2. The molecule has 0 N–H and O–H groups in total. The number of hydrogen-bond acceptors (Lipinski definition) is 4. The van der Waals surface area contributed by atoms with Crippen LogP contribution in [0.15, 0.2) is 24.4 Å². The molecule has 0 aliphatic carbocycles. The first kappa shape index (κ1) is 14.0. The summed E-state index contributed by atoms with van der Waals surface area (Å²) in [4.78, 5) is 13.8. The second kappa shape index (κ2) is 5.68. The fraction of sp³-hybridized carbons (Fsp3) is 0.308. The Hall–Kier alpha value is -2.44. The van der Waals surface area contributed by atoms with E-state index >= 15 is 0 Å². The van der Waals surface area contributed by atoms with Crippen molar-refractivity contribution in [1.29, 1.82) is 0 Å². The fourth-order valence-corrected chi connectivity index (χ4v) is 1.91. The molecule has 0 bridgehead atoms. The molecule has 0 radical (unpaired) electrons.